The molecule has 0 saturated carbocycles. The van der Waals surface area contributed by atoms with E-state index >= 15 is 0 Å². The summed E-state index contributed by atoms with van der Waals surface area (Å²) in [5.74, 6) is 0. The molecular weight excluding hydrogens is 274 g/mol. The Morgan fingerprint density at radius 3 is 2.73 bits per heavy atom. The summed E-state index contributed by atoms with van der Waals surface area (Å²) in [7, 11) is 0. The van der Waals surface area contributed by atoms with E-state index in [1.54, 1.807) is 6.07 Å². The molecule has 0 aromatic heterocycles. The van der Waals surface area contributed by atoms with Crippen LogP contribution in [0.1, 0.15) is 5.56 Å². The van der Waals surface area contributed by atoms with E-state index in [0.29, 0.717) is 11.0 Å². The van der Waals surface area contributed by atoms with E-state index in [0.717, 1.165) is 10.0 Å². The lowest BCUT2D eigenvalue weighted by molar-refractivity contribution is 1.36. The quantitative estimate of drug-likeness (QED) is 0.599. The topological polar surface area (TPSA) is 29.4 Å². The van der Waals surface area contributed by atoms with Gasteiger partial charge in [0.2, 0.25) is 0 Å². The van der Waals surface area contributed by atoms with Crippen molar-refractivity contribution in [2.75, 3.05) is 0 Å². The molecular formula is C7H5Br2NO. The maximum Gasteiger partial charge on any atom is 0.113 e. The lowest BCUT2D eigenvalue weighted by Gasteiger charge is -1.97. The number of hydrogen-bond donors (Lipinski definition) is 0. The summed E-state index contributed by atoms with van der Waals surface area (Å²) in [6.07, 6.45) is 0. The number of alkyl halides is 1. The van der Waals surface area contributed by atoms with Crippen molar-refractivity contribution in [3.63, 3.8) is 0 Å². The second kappa shape index (κ2) is 3.97. The standard InChI is InChI=1S/C7H5Br2NO/c8-4-5-1-2-6(9)3-7(5)10-11/h1-3H,4H2. The Labute approximate surface area is 81.2 Å². The highest BCUT2D eigenvalue weighted by Crippen LogP contribution is 2.25. The Balaban J connectivity index is 3.16. The van der Waals surface area contributed by atoms with Crippen molar-refractivity contribution in [1.29, 1.82) is 0 Å². The average molecular weight is 279 g/mol. The van der Waals surface area contributed by atoms with E-state index < -0.39 is 0 Å². The fourth-order valence-electron chi connectivity index (χ4n) is 0.735. The first-order valence-electron chi connectivity index (χ1n) is 2.95. The van der Waals surface area contributed by atoms with Crippen LogP contribution >= 0.6 is 31.9 Å². The van der Waals surface area contributed by atoms with Crippen molar-refractivity contribution < 1.29 is 0 Å². The third kappa shape index (κ3) is 2.10. The molecule has 58 valence electrons. The van der Waals surface area contributed by atoms with Crippen LogP contribution in [-0.4, -0.2) is 0 Å². The van der Waals surface area contributed by atoms with E-state index in [9.17, 15) is 4.91 Å². The molecule has 0 N–H and O–H groups in total. The van der Waals surface area contributed by atoms with Crippen LogP contribution in [0.2, 0.25) is 0 Å². The molecule has 0 radical (unpaired) electrons. The molecule has 0 saturated heterocycles. The van der Waals surface area contributed by atoms with E-state index in [1.807, 2.05) is 12.1 Å². The third-order valence-electron chi connectivity index (χ3n) is 1.29. The fourth-order valence-corrected chi connectivity index (χ4v) is 1.56. The van der Waals surface area contributed by atoms with E-state index in [-0.39, 0.29) is 0 Å². The zero-order valence-corrected chi connectivity index (χ0v) is 8.72. The third-order valence-corrected chi connectivity index (χ3v) is 2.39. The molecule has 4 heteroatoms. The van der Waals surface area contributed by atoms with E-state index in [4.69, 9.17) is 0 Å². The summed E-state index contributed by atoms with van der Waals surface area (Å²) >= 11 is 6.51. The Bertz CT molecular complexity index is 275. The number of hydrogen-bond acceptors (Lipinski definition) is 2. The molecule has 11 heavy (non-hydrogen) atoms. The second-order valence-corrected chi connectivity index (χ2v) is 3.47. The van der Waals surface area contributed by atoms with Crippen LogP contribution in [-0.2, 0) is 5.33 Å². The normalized spacial score (nSPS) is 9.64. The highest BCUT2D eigenvalue weighted by atomic mass is 79.9. The van der Waals surface area contributed by atoms with Crippen LogP contribution in [0.5, 0.6) is 0 Å². The Morgan fingerprint density at radius 2 is 2.18 bits per heavy atom. The van der Waals surface area contributed by atoms with Gasteiger partial charge in [0.05, 0.1) is 0 Å². The highest BCUT2D eigenvalue weighted by Gasteiger charge is 2.00. The van der Waals surface area contributed by atoms with Crippen molar-refractivity contribution in [3.8, 4) is 0 Å². The monoisotopic (exact) mass is 277 g/mol. The zero-order chi connectivity index (χ0) is 8.27. The van der Waals surface area contributed by atoms with Crippen LogP contribution in [0.15, 0.2) is 27.8 Å². The van der Waals surface area contributed by atoms with Gasteiger partial charge >= 0.3 is 0 Å². The number of benzene rings is 1. The molecule has 0 bridgehead atoms. The first-order valence-corrected chi connectivity index (χ1v) is 4.87. The molecule has 0 amide bonds. The van der Waals surface area contributed by atoms with Gasteiger partial charge in [-0.25, -0.2) is 0 Å². The summed E-state index contributed by atoms with van der Waals surface area (Å²) in [6, 6.07) is 5.43. The fraction of sp³-hybridized carbons (Fsp3) is 0.143. The first-order chi connectivity index (χ1) is 5.27. The van der Waals surface area contributed by atoms with Gasteiger partial charge in [-0.1, -0.05) is 37.9 Å². The van der Waals surface area contributed by atoms with Crippen molar-refractivity contribution in [3.05, 3.63) is 33.1 Å². The molecule has 2 nitrogen and oxygen atoms in total. The summed E-state index contributed by atoms with van der Waals surface area (Å²) in [5.41, 5.74) is 1.39. The molecule has 0 aliphatic rings. The van der Waals surface area contributed by atoms with Gasteiger partial charge in [-0.2, -0.15) is 0 Å². The minimum absolute atomic E-state index is 0.483. The lowest BCUT2D eigenvalue weighted by atomic mass is 10.2. The minimum Gasteiger partial charge on any atom is -0.145 e. The molecule has 0 fully saturated rings. The number of nitrogens with zero attached hydrogens (tertiary/aromatic N) is 1. The SMILES string of the molecule is O=Nc1cc(Br)ccc1CBr. The van der Waals surface area contributed by atoms with Crippen molar-refractivity contribution in [1.82, 2.24) is 0 Å². The summed E-state index contributed by atoms with van der Waals surface area (Å²) in [5, 5.41) is 3.55. The molecule has 0 aliphatic heterocycles. The summed E-state index contributed by atoms with van der Waals surface area (Å²) in [4.78, 5) is 10.2. The molecule has 0 heterocycles. The van der Waals surface area contributed by atoms with Crippen LogP contribution in [0, 0.1) is 4.91 Å². The molecule has 1 aromatic rings. The largest absolute Gasteiger partial charge is 0.145 e. The summed E-state index contributed by atoms with van der Waals surface area (Å²) < 4.78 is 0.872. The van der Waals surface area contributed by atoms with Gasteiger partial charge in [0.25, 0.3) is 0 Å². The number of halogens is 2. The van der Waals surface area contributed by atoms with Gasteiger partial charge in [-0.05, 0) is 22.9 Å². The van der Waals surface area contributed by atoms with E-state index in [1.165, 1.54) is 0 Å². The van der Waals surface area contributed by atoms with Gasteiger partial charge in [0.1, 0.15) is 5.69 Å². The van der Waals surface area contributed by atoms with Gasteiger partial charge < -0.3 is 0 Å². The number of nitroso groups, excluding NO2 is 1. The molecule has 0 spiro atoms. The molecule has 1 aromatic carbocycles. The van der Waals surface area contributed by atoms with Crippen LogP contribution in [0.25, 0.3) is 0 Å². The predicted molar refractivity (Wildman–Crippen MR) is 52.2 cm³/mol. The Hall–Kier alpha value is -0.220. The minimum atomic E-state index is 0.483. The van der Waals surface area contributed by atoms with Gasteiger partial charge in [-0.3, -0.25) is 0 Å². The molecule has 0 aliphatic carbocycles. The van der Waals surface area contributed by atoms with Crippen LogP contribution < -0.4 is 0 Å². The first kappa shape index (κ1) is 8.87. The Kier molecular flexibility index (Phi) is 3.20. The molecule has 0 unspecified atom stereocenters. The Morgan fingerprint density at radius 1 is 1.45 bits per heavy atom. The predicted octanol–water partition coefficient (Wildman–Crippen LogP) is 3.74. The molecule has 0 atom stereocenters. The van der Waals surface area contributed by atoms with Crippen LogP contribution in [0.4, 0.5) is 5.69 Å². The average Bonchev–Trinajstić information content (AvgIpc) is 2.04. The number of rotatable bonds is 2. The van der Waals surface area contributed by atoms with E-state index in [2.05, 4.69) is 37.0 Å². The molecule has 1 rings (SSSR count). The van der Waals surface area contributed by atoms with Crippen molar-refractivity contribution in [2.45, 2.75) is 5.33 Å². The van der Waals surface area contributed by atoms with Gasteiger partial charge in [0, 0.05) is 9.80 Å². The zero-order valence-electron chi connectivity index (χ0n) is 5.55. The van der Waals surface area contributed by atoms with Crippen molar-refractivity contribution >= 4 is 37.5 Å². The van der Waals surface area contributed by atoms with Crippen LogP contribution in [0.3, 0.4) is 0 Å². The second-order valence-electron chi connectivity index (χ2n) is 2.00. The van der Waals surface area contributed by atoms with Crippen molar-refractivity contribution in [2.24, 2.45) is 5.18 Å². The summed E-state index contributed by atoms with van der Waals surface area (Å²) in [6.45, 7) is 0. The highest BCUT2D eigenvalue weighted by molar-refractivity contribution is 9.10. The lowest BCUT2D eigenvalue weighted by Crippen LogP contribution is -1.77. The maximum absolute atomic E-state index is 10.2. The smallest absolute Gasteiger partial charge is 0.113 e. The van der Waals surface area contributed by atoms with Gasteiger partial charge in [0.15, 0.2) is 0 Å². The maximum atomic E-state index is 10.2. The van der Waals surface area contributed by atoms with Gasteiger partial charge in [-0.15, -0.1) is 4.91 Å².